The lowest BCUT2D eigenvalue weighted by molar-refractivity contribution is 0.302. The molecule has 0 saturated heterocycles. The highest BCUT2D eigenvalue weighted by atomic mass is 16.2. The standard InChI is InChI=1S/C20H22O/c1-2-18(14-9-15-21)20(19-12-7-4-8-13-19)16-17-10-5-3-6-11-17/h3-8,10-14,16,21H,2,9,15H2,1H3/b18-14+,20-16-. The van der Waals surface area contributed by atoms with Crippen molar-refractivity contribution in [2.45, 2.75) is 19.8 Å². The van der Waals surface area contributed by atoms with Crippen molar-refractivity contribution < 1.29 is 5.11 Å². The van der Waals surface area contributed by atoms with Gasteiger partial charge in [-0.2, -0.15) is 0 Å². The molecule has 0 bridgehead atoms. The highest BCUT2D eigenvalue weighted by molar-refractivity contribution is 5.90. The molecule has 0 atom stereocenters. The van der Waals surface area contributed by atoms with E-state index >= 15 is 0 Å². The van der Waals surface area contributed by atoms with E-state index in [1.54, 1.807) is 0 Å². The number of aliphatic hydroxyl groups excluding tert-OH is 1. The molecular formula is C20H22O. The molecule has 2 aromatic rings. The van der Waals surface area contributed by atoms with Crippen molar-refractivity contribution in [1.29, 1.82) is 0 Å². The van der Waals surface area contributed by atoms with Crippen LogP contribution in [0.25, 0.3) is 11.6 Å². The number of allylic oxidation sites excluding steroid dienone is 2. The van der Waals surface area contributed by atoms with Crippen molar-refractivity contribution in [3.8, 4) is 0 Å². The van der Waals surface area contributed by atoms with E-state index in [9.17, 15) is 0 Å². The Hall–Kier alpha value is -2.12. The normalized spacial score (nSPS) is 12.5. The molecule has 0 aromatic heterocycles. The molecule has 1 nitrogen and oxygen atoms in total. The Labute approximate surface area is 127 Å². The summed E-state index contributed by atoms with van der Waals surface area (Å²) < 4.78 is 0. The molecule has 0 unspecified atom stereocenters. The van der Waals surface area contributed by atoms with Gasteiger partial charge in [0.25, 0.3) is 0 Å². The summed E-state index contributed by atoms with van der Waals surface area (Å²) in [5, 5.41) is 9.09. The molecule has 0 amide bonds. The molecular weight excluding hydrogens is 256 g/mol. The summed E-state index contributed by atoms with van der Waals surface area (Å²) in [6, 6.07) is 20.8. The molecule has 0 spiro atoms. The highest BCUT2D eigenvalue weighted by Crippen LogP contribution is 2.28. The number of benzene rings is 2. The minimum Gasteiger partial charge on any atom is -0.396 e. The van der Waals surface area contributed by atoms with Gasteiger partial charge in [-0.1, -0.05) is 73.7 Å². The monoisotopic (exact) mass is 278 g/mol. The van der Waals surface area contributed by atoms with E-state index < -0.39 is 0 Å². The third kappa shape index (κ3) is 4.44. The summed E-state index contributed by atoms with van der Waals surface area (Å²) in [5.74, 6) is 0. The topological polar surface area (TPSA) is 20.2 Å². The first-order chi connectivity index (χ1) is 10.3. The van der Waals surface area contributed by atoms with Crippen LogP contribution in [-0.2, 0) is 0 Å². The smallest absolute Gasteiger partial charge is 0.0465 e. The predicted molar refractivity (Wildman–Crippen MR) is 90.8 cm³/mol. The van der Waals surface area contributed by atoms with Crippen molar-refractivity contribution in [3.05, 3.63) is 83.4 Å². The fraction of sp³-hybridized carbons (Fsp3) is 0.200. The van der Waals surface area contributed by atoms with Crippen LogP contribution in [0, 0.1) is 0 Å². The van der Waals surface area contributed by atoms with Gasteiger partial charge in [0.2, 0.25) is 0 Å². The SMILES string of the molecule is CCC(=C\CCO)/C(=C/c1ccccc1)c1ccccc1. The maximum atomic E-state index is 9.09. The third-order valence-corrected chi connectivity index (χ3v) is 3.44. The Morgan fingerprint density at radius 3 is 2.14 bits per heavy atom. The molecule has 0 heterocycles. The number of rotatable bonds is 6. The molecule has 1 N–H and O–H groups in total. The van der Waals surface area contributed by atoms with Crippen molar-refractivity contribution in [1.82, 2.24) is 0 Å². The first-order valence-electron chi connectivity index (χ1n) is 7.47. The van der Waals surface area contributed by atoms with Crippen LogP contribution < -0.4 is 0 Å². The summed E-state index contributed by atoms with van der Waals surface area (Å²) in [6.45, 7) is 2.35. The number of aliphatic hydroxyl groups is 1. The van der Waals surface area contributed by atoms with Gasteiger partial charge in [0.05, 0.1) is 0 Å². The molecule has 0 radical (unpaired) electrons. The van der Waals surface area contributed by atoms with Crippen molar-refractivity contribution in [2.75, 3.05) is 6.61 Å². The molecule has 21 heavy (non-hydrogen) atoms. The molecule has 108 valence electrons. The maximum Gasteiger partial charge on any atom is 0.0465 e. The van der Waals surface area contributed by atoms with E-state index in [2.05, 4.69) is 67.6 Å². The zero-order valence-corrected chi connectivity index (χ0v) is 12.5. The van der Waals surface area contributed by atoms with Gasteiger partial charge >= 0.3 is 0 Å². The second-order valence-electron chi connectivity index (χ2n) is 4.93. The Bertz CT molecular complexity index is 594. The van der Waals surface area contributed by atoms with E-state index in [1.807, 2.05) is 12.1 Å². The van der Waals surface area contributed by atoms with Crippen LogP contribution in [-0.4, -0.2) is 11.7 Å². The van der Waals surface area contributed by atoms with E-state index in [4.69, 9.17) is 5.11 Å². The van der Waals surface area contributed by atoms with Crippen LogP contribution >= 0.6 is 0 Å². The van der Waals surface area contributed by atoms with Gasteiger partial charge in [-0.05, 0) is 41.2 Å². The van der Waals surface area contributed by atoms with Gasteiger partial charge in [-0.3, -0.25) is 0 Å². The molecule has 2 aromatic carbocycles. The first-order valence-corrected chi connectivity index (χ1v) is 7.47. The van der Waals surface area contributed by atoms with Crippen LogP contribution in [0.15, 0.2) is 72.3 Å². The largest absolute Gasteiger partial charge is 0.396 e. The molecule has 0 aliphatic carbocycles. The predicted octanol–water partition coefficient (Wildman–Crippen LogP) is 4.95. The zero-order chi connectivity index (χ0) is 14.9. The van der Waals surface area contributed by atoms with Crippen molar-refractivity contribution in [2.24, 2.45) is 0 Å². The van der Waals surface area contributed by atoms with Crippen LogP contribution in [0.2, 0.25) is 0 Å². The lowest BCUT2D eigenvalue weighted by Crippen LogP contribution is -1.91. The fourth-order valence-electron chi connectivity index (χ4n) is 2.38. The lowest BCUT2D eigenvalue weighted by atomic mass is 9.93. The van der Waals surface area contributed by atoms with E-state index in [1.165, 1.54) is 22.3 Å². The maximum absolute atomic E-state index is 9.09. The Balaban J connectivity index is 2.47. The van der Waals surface area contributed by atoms with Crippen molar-refractivity contribution in [3.63, 3.8) is 0 Å². The average molecular weight is 278 g/mol. The molecule has 2 rings (SSSR count). The third-order valence-electron chi connectivity index (χ3n) is 3.44. The summed E-state index contributed by atoms with van der Waals surface area (Å²) in [5.41, 5.74) is 4.92. The zero-order valence-electron chi connectivity index (χ0n) is 12.5. The Morgan fingerprint density at radius 1 is 0.952 bits per heavy atom. The molecule has 1 heteroatoms. The summed E-state index contributed by atoms with van der Waals surface area (Å²) in [6.07, 6.45) is 6.01. The van der Waals surface area contributed by atoms with Gasteiger partial charge in [0, 0.05) is 6.61 Å². The fourth-order valence-corrected chi connectivity index (χ4v) is 2.38. The second-order valence-corrected chi connectivity index (χ2v) is 4.93. The average Bonchev–Trinajstić information content (AvgIpc) is 2.56. The Morgan fingerprint density at radius 2 is 1.57 bits per heavy atom. The summed E-state index contributed by atoms with van der Waals surface area (Å²) in [4.78, 5) is 0. The number of hydrogen-bond donors (Lipinski definition) is 1. The van der Waals surface area contributed by atoms with Gasteiger partial charge in [0.15, 0.2) is 0 Å². The van der Waals surface area contributed by atoms with Crippen molar-refractivity contribution >= 4 is 11.6 Å². The summed E-state index contributed by atoms with van der Waals surface area (Å²) in [7, 11) is 0. The van der Waals surface area contributed by atoms with Gasteiger partial charge in [-0.15, -0.1) is 0 Å². The van der Waals surface area contributed by atoms with Crippen LogP contribution in [0.1, 0.15) is 30.9 Å². The van der Waals surface area contributed by atoms with Gasteiger partial charge in [-0.25, -0.2) is 0 Å². The highest BCUT2D eigenvalue weighted by Gasteiger charge is 2.06. The first kappa shape index (κ1) is 15.3. The van der Waals surface area contributed by atoms with E-state index in [0.29, 0.717) is 6.42 Å². The summed E-state index contributed by atoms with van der Waals surface area (Å²) >= 11 is 0. The van der Waals surface area contributed by atoms with Gasteiger partial charge < -0.3 is 5.11 Å². The minimum absolute atomic E-state index is 0.191. The molecule has 0 saturated carbocycles. The second kappa shape index (κ2) is 8.23. The van der Waals surface area contributed by atoms with Gasteiger partial charge in [0.1, 0.15) is 0 Å². The molecule has 0 aliphatic heterocycles. The van der Waals surface area contributed by atoms with Crippen LogP contribution in [0.4, 0.5) is 0 Å². The van der Waals surface area contributed by atoms with Crippen LogP contribution in [0.5, 0.6) is 0 Å². The quantitative estimate of drug-likeness (QED) is 0.586. The molecule has 0 aliphatic rings. The Kier molecular flexibility index (Phi) is 5.99. The number of hydrogen-bond acceptors (Lipinski definition) is 1. The van der Waals surface area contributed by atoms with E-state index in [-0.39, 0.29) is 6.61 Å². The van der Waals surface area contributed by atoms with E-state index in [0.717, 1.165) is 6.42 Å². The lowest BCUT2D eigenvalue weighted by Gasteiger charge is -2.12. The minimum atomic E-state index is 0.191. The molecule has 0 fully saturated rings. The van der Waals surface area contributed by atoms with Crippen LogP contribution in [0.3, 0.4) is 0 Å².